The number of ketones is 1. The maximum atomic E-state index is 11.3. The predicted molar refractivity (Wildman–Crippen MR) is 48.2 cm³/mol. The Morgan fingerprint density at radius 2 is 2.50 bits per heavy atom. The highest BCUT2D eigenvalue weighted by atomic mass is 32.1. The van der Waals surface area contributed by atoms with Gasteiger partial charge < -0.3 is 0 Å². The molecule has 2 nitrogen and oxygen atoms in total. The Balaban J connectivity index is 2.67. The first-order valence-corrected chi connectivity index (χ1v) is 4.58. The van der Waals surface area contributed by atoms with Crippen molar-refractivity contribution in [2.24, 2.45) is 0 Å². The van der Waals surface area contributed by atoms with Crippen LogP contribution in [0.15, 0.2) is 11.4 Å². The number of nitrogens with zero attached hydrogens (tertiary/aromatic N) is 1. The zero-order chi connectivity index (χ0) is 8.97. The summed E-state index contributed by atoms with van der Waals surface area (Å²) in [4.78, 5) is 12.1. The molecule has 0 saturated carbocycles. The Bertz CT molecular complexity index is 322. The number of thiophene rings is 1. The van der Waals surface area contributed by atoms with Gasteiger partial charge in [0.1, 0.15) is 0 Å². The van der Waals surface area contributed by atoms with E-state index in [2.05, 4.69) is 0 Å². The Morgan fingerprint density at radius 3 is 3.00 bits per heavy atom. The molecular weight excluding hydrogens is 170 g/mol. The van der Waals surface area contributed by atoms with Crippen LogP contribution in [0.1, 0.15) is 28.1 Å². The van der Waals surface area contributed by atoms with Gasteiger partial charge in [-0.1, -0.05) is 0 Å². The molecule has 0 bridgehead atoms. The zero-order valence-electron chi connectivity index (χ0n) is 6.83. The molecule has 0 aliphatic rings. The molecule has 12 heavy (non-hydrogen) atoms. The molecular formula is C9H9NOS. The summed E-state index contributed by atoms with van der Waals surface area (Å²) < 4.78 is 0. The maximum Gasteiger partial charge on any atom is 0.174 e. The van der Waals surface area contributed by atoms with Crippen LogP contribution in [0.2, 0.25) is 0 Å². The van der Waals surface area contributed by atoms with Crippen molar-refractivity contribution < 1.29 is 4.79 Å². The summed E-state index contributed by atoms with van der Waals surface area (Å²) in [6, 6.07) is 3.88. The topological polar surface area (TPSA) is 40.9 Å². The molecule has 0 radical (unpaired) electrons. The van der Waals surface area contributed by atoms with E-state index >= 15 is 0 Å². The summed E-state index contributed by atoms with van der Waals surface area (Å²) in [5, 5.41) is 10.2. The third-order valence-corrected chi connectivity index (χ3v) is 2.64. The van der Waals surface area contributed by atoms with Crippen molar-refractivity contribution in [2.75, 3.05) is 0 Å². The first-order chi connectivity index (χ1) is 5.75. The molecule has 0 spiro atoms. The SMILES string of the molecule is Cc1ccsc1C(=O)CCC#N. The van der Waals surface area contributed by atoms with Gasteiger partial charge in [0, 0.05) is 12.8 Å². The summed E-state index contributed by atoms with van der Waals surface area (Å²) in [6.07, 6.45) is 0.661. The van der Waals surface area contributed by atoms with Crippen molar-refractivity contribution in [2.45, 2.75) is 19.8 Å². The van der Waals surface area contributed by atoms with Crippen LogP contribution in [0.4, 0.5) is 0 Å². The van der Waals surface area contributed by atoms with Gasteiger partial charge >= 0.3 is 0 Å². The molecule has 0 aliphatic carbocycles. The number of hydrogen-bond donors (Lipinski definition) is 0. The summed E-state index contributed by atoms with van der Waals surface area (Å²) in [7, 11) is 0. The first kappa shape index (κ1) is 8.95. The van der Waals surface area contributed by atoms with E-state index < -0.39 is 0 Å². The molecule has 62 valence electrons. The van der Waals surface area contributed by atoms with Crippen molar-refractivity contribution >= 4 is 17.1 Å². The van der Waals surface area contributed by atoms with Crippen LogP contribution >= 0.6 is 11.3 Å². The highest BCUT2D eigenvalue weighted by Gasteiger charge is 2.08. The average Bonchev–Trinajstić information content (AvgIpc) is 2.47. The molecule has 1 heterocycles. The number of carbonyl (C=O) groups excluding carboxylic acids is 1. The fourth-order valence-corrected chi connectivity index (χ4v) is 1.84. The molecule has 1 aromatic heterocycles. The third-order valence-electron chi connectivity index (χ3n) is 1.58. The van der Waals surface area contributed by atoms with Gasteiger partial charge in [0.25, 0.3) is 0 Å². The number of aryl methyl sites for hydroxylation is 1. The van der Waals surface area contributed by atoms with E-state index in [0.717, 1.165) is 10.4 Å². The Morgan fingerprint density at radius 1 is 1.75 bits per heavy atom. The van der Waals surface area contributed by atoms with Crippen LogP contribution in [0.3, 0.4) is 0 Å². The van der Waals surface area contributed by atoms with E-state index in [4.69, 9.17) is 5.26 Å². The number of carbonyl (C=O) groups is 1. The van der Waals surface area contributed by atoms with E-state index in [1.54, 1.807) is 0 Å². The third kappa shape index (κ3) is 1.93. The smallest absolute Gasteiger partial charge is 0.174 e. The number of nitriles is 1. The molecule has 0 fully saturated rings. The second-order valence-electron chi connectivity index (χ2n) is 2.51. The van der Waals surface area contributed by atoms with Gasteiger partial charge in [0.15, 0.2) is 5.78 Å². The zero-order valence-corrected chi connectivity index (χ0v) is 7.65. The number of rotatable bonds is 3. The van der Waals surface area contributed by atoms with Gasteiger partial charge in [-0.3, -0.25) is 4.79 Å². The first-order valence-electron chi connectivity index (χ1n) is 3.70. The van der Waals surface area contributed by atoms with Crippen LogP contribution < -0.4 is 0 Å². The lowest BCUT2D eigenvalue weighted by molar-refractivity contribution is 0.0987. The molecule has 0 aromatic carbocycles. The molecule has 0 N–H and O–H groups in total. The van der Waals surface area contributed by atoms with Gasteiger partial charge in [-0.25, -0.2) is 0 Å². The lowest BCUT2D eigenvalue weighted by Crippen LogP contribution is -1.96. The Hall–Kier alpha value is -1.14. The van der Waals surface area contributed by atoms with Crippen molar-refractivity contribution in [1.29, 1.82) is 5.26 Å². The minimum Gasteiger partial charge on any atom is -0.293 e. The Labute approximate surface area is 75.5 Å². The van der Waals surface area contributed by atoms with E-state index in [1.807, 2.05) is 24.4 Å². The molecule has 1 aromatic rings. The second-order valence-corrected chi connectivity index (χ2v) is 3.43. The van der Waals surface area contributed by atoms with Gasteiger partial charge in [0.2, 0.25) is 0 Å². The van der Waals surface area contributed by atoms with Gasteiger partial charge in [0.05, 0.1) is 10.9 Å². The lowest BCUT2D eigenvalue weighted by Gasteiger charge is -1.94. The summed E-state index contributed by atoms with van der Waals surface area (Å²) >= 11 is 1.45. The van der Waals surface area contributed by atoms with Crippen LogP contribution in [0, 0.1) is 18.3 Å². The van der Waals surface area contributed by atoms with Gasteiger partial charge in [-0.15, -0.1) is 11.3 Å². The predicted octanol–water partition coefficient (Wildman–Crippen LogP) is 2.54. The maximum absolute atomic E-state index is 11.3. The second kappa shape index (κ2) is 4.03. The molecule has 0 amide bonds. The van der Waals surface area contributed by atoms with Gasteiger partial charge in [-0.2, -0.15) is 5.26 Å². The largest absolute Gasteiger partial charge is 0.293 e. The van der Waals surface area contributed by atoms with E-state index in [9.17, 15) is 4.79 Å². The minimum atomic E-state index is 0.0871. The van der Waals surface area contributed by atoms with Crippen molar-refractivity contribution in [3.8, 4) is 6.07 Å². The standard InChI is InChI=1S/C9H9NOS/c1-7-4-6-12-9(7)8(11)3-2-5-10/h4,6H,2-3H2,1H3. The highest BCUT2D eigenvalue weighted by Crippen LogP contribution is 2.17. The van der Waals surface area contributed by atoms with Crippen LogP contribution in [0.5, 0.6) is 0 Å². The summed E-state index contributed by atoms with van der Waals surface area (Å²) in [5.74, 6) is 0.0871. The molecule has 3 heteroatoms. The average molecular weight is 179 g/mol. The molecule has 0 saturated heterocycles. The van der Waals surface area contributed by atoms with Crippen LogP contribution in [-0.2, 0) is 0 Å². The number of hydrogen-bond acceptors (Lipinski definition) is 3. The molecule has 0 aliphatic heterocycles. The molecule has 0 unspecified atom stereocenters. The van der Waals surface area contributed by atoms with Crippen molar-refractivity contribution in [1.82, 2.24) is 0 Å². The van der Waals surface area contributed by atoms with Crippen molar-refractivity contribution in [3.05, 3.63) is 21.9 Å². The van der Waals surface area contributed by atoms with Crippen molar-refractivity contribution in [3.63, 3.8) is 0 Å². The molecule has 1 rings (SSSR count). The molecule has 0 atom stereocenters. The number of Topliss-reactive ketones (excluding diaryl/α,β-unsaturated/α-hetero) is 1. The fourth-order valence-electron chi connectivity index (χ4n) is 0.941. The summed E-state index contributed by atoms with van der Waals surface area (Å²) in [6.45, 7) is 1.91. The minimum absolute atomic E-state index is 0.0871. The van der Waals surface area contributed by atoms with E-state index in [-0.39, 0.29) is 5.78 Å². The monoisotopic (exact) mass is 179 g/mol. The normalized spacial score (nSPS) is 9.33. The van der Waals surface area contributed by atoms with E-state index in [0.29, 0.717) is 12.8 Å². The lowest BCUT2D eigenvalue weighted by atomic mass is 10.1. The quantitative estimate of drug-likeness (QED) is 0.669. The van der Waals surface area contributed by atoms with Gasteiger partial charge in [-0.05, 0) is 23.9 Å². The Kier molecular flexibility index (Phi) is 3.01. The highest BCUT2D eigenvalue weighted by molar-refractivity contribution is 7.12. The van der Waals surface area contributed by atoms with Crippen LogP contribution in [0.25, 0.3) is 0 Å². The van der Waals surface area contributed by atoms with E-state index in [1.165, 1.54) is 11.3 Å². The summed E-state index contributed by atoms with van der Waals surface area (Å²) in [5.41, 5.74) is 1.02. The fraction of sp³-hybridized carbons (Fsp3) is 0.333. The van der Waals surface area contributed by atoms with Crippen LogP contribution in [-0.4, -0.2) is 5.78 Å².